The van der Waals surface area contributed by atoms with Crippen LogP contribution in [0.1, 0.15) is 29.3 Å². The lowest BCUT2D eigenvalue weighted by Gasteiger charge is -2.18. The van der Waals surface area contributed by atoms with E-state index in [1.54, 1.807) is 7.11 Å². The average molecular weight is 362 g/mol. The van der Waals surface area contributed by atoms with Gasteiger partial charge in [0, 0.05) is 37.8 Å². The van der Waals surface area contributed by atoms with Gasteiger partial charge in [-0.2, -0.15) is 0 Å². The molecule has 1 aliphatic rings. The Labute approximate surface area is 158 Å². The highest BCUT2D eigenvalue weighted by Crippen LogP contribution is 2.24. The molecule has 0 saturated carbocycles. The fourth-order valence-corrected chi connectivity index (χ4v) is 3.15. The number of allylic oxidation sites excluding steroid dienone is 1. The molecule has 0 fully saturated rings. The molecule has 7 nitrogen and oxygen atoms in total. The molecule has 0 spiro atoms. The van der Waals surface area contributed by atoms with E-state index in [1.165, 1.54) is 0 Å². The summed E-state index contributed by atoms with van der Waals surface area (Å²) in [5.74, 6) is 1.75. The van der Waals surface area contributed by atoms with Gasteiger partial charge in [-0.1, -0.05) is 6.07 Å². The lowest BCUT2D eigenvalue weighted by Crippen LogP contribution is -2.19. The molecule has 0 radical (unpaired) electrons. The number of ether oxygens (including phenoxy) is 1. The van der Waals surface area contributed by atoms with E-state index in [2.05, 4.69) is 35.3 Å². The van der Waals surface area contributed by atoms with E-state index in [1.807, 2.05) is 57.1 Å². The zero-order chi connectivity index (χ0) is 18.8. The number of aromatic nitrogens is 4. The number of rotatable bonds is 5. The minimum atomic E-state index is 0.172. The predicted molar refractivity (Wildman–Crippen MR) is 105 cm³/mol. The predicted octanol–water partition coefficient (Wildman–Crippen LogP) is 3.12. The number of hydrogen-bond acceptors (Lipinski definition) is 6. The van der Waals surface area contributed by atoms with E-state index < -0.39 is 0 Å². The summed E-state index contributed by atoms with van der Waals surface area (Å²) in [4.78, 5) is 19.9. The van der Waals surface area contributed by atoms with E-state index in [-0.39, 0.29) is 5.92 Å². The van der Waals surface area contributed by atoms with Crippen molar-refractivity contribution in [3.05, 3.63) is 65.8 Å². The maximum Gasteiger partial charge on any atom is 0.208 e. The summed E-state index contributed by atoms with van der Waals surface area (Å²) in [6.07, 6.45) is 12.4. The van der Waals surface area contributed by atoms with Crippen LogP contribution in [0.2, 0.25) is 0 Å². The van der Waals surface area contributed by atoms with Crippen molar-refractivity contribution in [1.29, 1.82) is 0 Å². The largest absolute Gasteiger partial charge is 0.481 e. The molecule has 7 heteroatoms. The van der Waals surface area contributed by atoms with Gasteiger partial charge in [0.15, 0.2) is 5.65 Å². The summed E-state index contributed by atoms with van der Waals surface area (Å²) < 4.78 is 7.27. The molecule has 4 heterocycles. The van der Waals surface area contributed by atoms with Gasteiger partial charge in [0.05, 0.1) is 31.2 Å². The molecular formula is C20H22N6O. The fraction of sp³-hybridized carbons (Fsp3) is 0.300. The number of anilines is 1. The van der Waals surface area contributed by atoms with Crippen LogP contribution in [0.3, 0.4) is 0 Å². The highest BCUT2D eigenvalue weighted by molar-refractivity contribution is 5.70. The maximum absolute atomic E-state index is 5.18. The second kappa shape index (κ2) is 7.19. The molecule has 0 aliphatic carbocycles. The summed E-state index contributed by atoms with van der Waals surface area (Å²) in [6, 6.07) is 4.09. The van der Waals surface area contributed by atoms with Gasteiger partial charge in [-0.3, -0.25) is 4.98 Å². The molecule has 0 N–H and O–H groups in total. The molecule has 1 atom stereocenters. The van der Waals surface area contributed by atoms with Gasteiger partial charge in [0.1, 0.15) is 5.82 Å². The number of imidazole rings is 1. The molecule has 138 valence electrons. The van der Waals surface area contributed by atoms with Gasteiger partial charge in [0.2, 0.25) is 5.88 Å². The third-order valence-corrected chi connectivity index (χ3v) is 4.68. The topological polar surface area (TPSA) is 67.9 Å². The molecule has 0 aromatic carbocycles. The van der Waals surface area contributed by atoms with Crippen LogP contribution in [0.4, 0.5) is 5.82 Å². The Morgan fingerprint density at radius 1 is 1.19 bits per heavy atom. The van der Waals surface area contributed by atoms with Gasteiger partial charge < -0.3 is 14.0 Å². The van der Waals surface area contributed by atoms with E-state index in [9.17, 15) is 0 Å². The van der Waals surface area contributed by atoms with Crippen molar-refractivity contribution in [2.75, 3.05) is 19.1 Å². The van der Waals surface area contributed by atoms with E-state index in [4.69, 9.17) is 4.74 Å². The molecular weight excluding hydrogens is 340 g/mol. The SMILES string of the molecule is COC1=CCC(c2cnc3cnc(CN(C)c4ccc(C)cn4)cn23)C=N1. The second-order valence-corrected chi connectivity index (χ2v) is 6.71. The van der Waals surface area contributed by atoms with Crippen molar-refractivity contribution < 1.29 is 4.74 Å². The number of methoxy groups -OCH3 is 1. The second-order valence-electron chi connectivity index (χ2n) is 6.71. The van der Waals surface area contributed by atoms with Gasteiger partial charge in [-0.15, -0.1) is 0 Å². The van der Waals surface area contributed by atoms with Crippen LogP contribution >= 0.6 is 0 Å². The number of aryl methyl sites for hydroxylation is 1. The van der Waals surface area contributed by atoms with Crippen molar-refractivity contribution in [2.45, 2.75) is 25.8 Å². The van der Waals surface area contributed by atoms with Crippen LogP contribution in [-0.4, -0.2) is 39.7 Å². The molecule has 27 heavy (non-hydrogen) atoms. The molecule has 4 rings (SSSR count). The van der Waals surface area contributed by atoms with E-state index in [0.717, 1.165) is 34.8 Å². The summed E-state index contributed by atoms with van der Waals surface area (Å²) in [6.45, 7) is 2.70. The van der Waals surface area contributed by atoms with Crippen molar-refractivity contribution >= 4 is 17.7 Å². The van der Waals surface area contributed by atoms with Crippen LogP contribution in [0.25, 0.3) is 5.65 Å². The quantitative estimate of drug-likeness (QED) is 0.698. The third kappa shape index (κ3) is 3.53. The first kappa shape index (κ1) is 17.2. The lowest BCUT2D eigenvalue weighted by atomic mass is 10.0. The Hall–Kier alpha value is -3.22. The molecule has 0 saturated heterocycles. The van der Waals surface area contributed by atoms with Gasteiger partial charge >= 0.3 is 0 Å². The highest BCUT2D eigenvalue weighted by Gasteiger charge is 2.17. The molecule has 0 bridgehead atoms. The monoisotopic (exact) mass is 362 g/mol. The third-order valence-electron chi connectivity index (χ3n) is 4.68. The minimum absolute atomic E-state index is 0.172. The summed E-state index contributed by atoms with van der Waals surface area (Å²) in [5.41, 5.74) is 4.03. The van der Waals surface area contributed by atoms with E-state index >= 15 is 0 Å². The van der Waals surface area contributed by atoms with Crippen molar-refractivity contribution in [3.63, 3.8) is 0 Å². The van der Waals surface area contributed by atoms with Crippen LogP contribution in [0, 0.1) is 6.92 Å². The van der Waals surface area contributed by atoms with Gasteiger partial charge in [-0.05, 0) is 31.1 Å². The molecule has 3 aromatic heterocycles. The molecule has 3 aromatic rings. The smallest absolute Gasteiger partial charge is 0.208 e. The van der Waals surface area contributed by atoms with Crippen molar-refractivity contribution in [1.82, 2.24) is 19.4 Å². The van der Waals surface area contributed by atoms with Crippen molar-refractivity contribution in [3.8, 4) is 0 Å². The summed E-state index contributed by atoms with van der Waals surface area (Å²) >= 11 is 0. The Morgan fingerprint density at radius 2 is 2.07 bits per heavy atom. The van der Waals surface area contributed by atoms with Crippen LogP contribution in [-0.2, 0) is 11.3 Å². The summed E-state index contributed by atoms with van der Waals surface area (Å²) in [5, 5.41) is 0. The summed E-state index contributed by atoms with van der Waals surface area (Å²) in [7, 11) is 3.65. The van der Waals surface area contributed by atoms with Crippen molar-refractivity contribution in [2.24, 2.45) is 4.99 Å². The van der Waals surface area contributed by atoms with Gasteiger partial charge in [0.25, 0.3) is 0 Å². The number of hydrogen-bond donors (Lipinski definition) is 0. The van der Waals surface area contributed by atoms with Gasteiger partial charge in [-0.25, -0.2) is 15.0 Å². The zero-order valence-electron chi connectivity index (χ0n) is 15.7. The standard InChI is InChI=1S/C20H22N6O/c1-14-4-6-18(22-8-14)25(2)12-16-13-26-17(10-23-19(26)11-21-16)15-5-7-20(27-3)24-9-15/h4,6-11,13,15H,5,12H2,1-3H3. The Balaban J connectivity index is 1.58. The first-order valence-corrected chi connectivity index (χ1v) is 8.88. The number of pyridine rings is 1. The Kier molecular flexibility index (Phi) is 4.58. The van der Waals surface area contributed by atoms with Crippen LogP contribution in [0.5, 0.6) is 0 Å². The molecule has 1 unspecified atom stereocenters. The zero-order valence-corrected chi connectivity index (χ0v) is 15.7. The maximum atomic E-state index is 5.18. The lowest BCUT2D eigenvalue weighted by molar-refractivity contribution is 0.285. The number of fused-ring (bicyclic) bond motifs is 1. The first-order valence-electron chi connectivity index (χ1n) is 8.88. The van der Waals surface area contributed by atoms with Crippen LogP contribution in [0.15, 0.2) is 53.9 Å². The normalized spacial score (nSPS) is 16.4. The fourth-order valence-electron chi connectivity index (χ4n) is 3.15. The number of aliphatic imine (C=N–C) groups is 1. The minimum Gasteiger partial charge on any atom is -0.481 e. The average Bonchev–Trinajstić information content (AvgIpc) is 3.12. The van der Waals surface area contributed by atoms with E-state index in [0.29, 0.717) is 12.4 Å². The molecule has 1 aliphatic heterocycles. The van der Waals surface area contributed by atoms with Crippen LogP contribution < -0.4 is 4.90 Å². The molecule has 0 amide bonds. The first-order chi connectivity index (χ1) is 13.1. The Bertz CT molecular complexity index is 1000. The number of nitrogens with zero attached hydrogens (tertiary/aromatic N) is 6. The Morgan fingerprint density at radius 3 is 2.78 bits per heavy atom. The highest BCUT2D eigenvalue weighted by atomic mass is 16.5.